The van der Waals surface area contributed by atoms with Crippen molar-refractivity contribution in [1.29, 1.82) is 0 Å². The molecule has 1 unspecified atom stereocenters. The van der Waals surface area contributed by atoms with Gasteiger partial charge in [0.25, 0.3) is 0 Å². The summed E-state index contributed by atoms with van der Waals surface area (Å²) in [5.41, 5.74) is 5.63. The van der Waals surface area contributed by atoms with E-state index < -0.39 is 0 Å². The van der Waals surface area contributed by atoms with Gasteiger partial charge in [-0.25, -0.2) is 0 Å². The van der Waals surface area contributed by atoms with Crippen molar-refractivity contribution in [1.82, 2.24) is 4.90 Å². The first-order valence-electron chi connectivity index (χ1n) is 7.78. The second-order valence-corrected chi connectivity index (χ2v) is 6.90. The van der Waals surface area contributed by atoms with Gasteiger partial charge < -0.3 is 4.90 Å². The maximum Gasteiger partial charge on any atom is 0.106 e. The van der Waals surface area contributed by atoms with Crippen molar-refractivity contribution in [2.24, 2.45) is 0 Å². The number of hydrogen-bond donors (Lipinski definition) is 0. The van der Waals surface area contributed by atoms with Crippen LogP contribution in [0.2, 0.25) is 0 Å². The molecule has 0 spiro atoms. The highest BCUT2D eigenvalue weighted by atomic mass is 32.2. The van der Waals surface area contributed by atoms with Crippen LogP contribution in [0.3, 0.4) is 0 Å². The summed E-state index contributed by atoms with van der Waals surface area (Å²) in [5, 5.41) is 0.465. The standard InChI is InChI=1S/C19H23NS/c1-4-9-14(2)15-10-6-8-13-18(15)21-19-16-11-5-7-12-17(16)20(19)3/h5-6,8,10-11,13,19H,2,4,7,9,12H2,1,3H3. The lowest BCUT2D eigenvalue weighted by Crippen LogP contribution is -2.41. The van der Waals surface area contributed by atoms with E-state index >= 15 is 0 Å². The zero-order valence-corrected chi connectivity index (χ0v) is 13.7. The molecule has 0 N–H and O–H groups in total. The normalized spacial score (nSPS) is 20.3. The van der Waals surface area contributed by atoms with Crippen LogP contribution >= 0.6 is 11.8 Å². The van der Waals surface area contributed by atoms with Gasteiger partial charge in [-0.05, 0) is 36.5 Å². The van der Waals surface area contributed by atoms with Gasteiger partial charge in [-0.2, -0.15) is 0 Å². The summed E-state index contributed by atoms with van der Waals surface area (Å²) in [4.78, 5) is 3.79. The van der Waals surface area contributed by atoms with E-state index in [1.165, 1.54) is 40.1 Å². The molecule has 0 bridgehead atoms. The first-order valence-corrected chi connectivity index (χ1v) is 8.66. The lowest BCUT2D eigenvalue weighted by Gasteiger charge is -2.44. The number of thioether (sulfide) groups is 1. The molecular formula is C19H23NS. The highest BCUT2D eigenvalue weighted by Crippen LogP contribution is 2.45. The summed E-state index contributed by atoms with van der Waals surface area (Å²) < 4.78 is 0. The Balaban J connectivity index is 1.82. The number of likely N-dealkylation sites (N-methyl/N-ethyl adjacent to an activating group) is 1. The van der Waals surface area contributed by atoms with E-state index in [4.69, 9.17) is 0 Å². The Morgan fingerprint density at radius 2 is 2.19 bits per heavy atom. The largest absolute Gasteiger partial charge is 0.361 e. The van der Waals surface area contributed by atoms with E-state index in [9.17, 15) is 0 Å². The predicted octanol–water partition coefficient (Wildman–Crippen LogP) is 5.47. The molecular weight excluding hydrogens is 274 g/mol. The summed E-state index contributed by atoms with van der Waals surface area (Å²) in [7, 11) is 2.22. The smallest absolute Gasteiger partial charge is 0.106 e. The van der Waals surface area contributed by atoms with E-state index in [1.807, 2.05) is 11.8 Å². The molecule has 1 atom stereocenters. The van der Waals surface area contributed by atoms with Crippen molar-refractivity contribution >= 4 is 17.3 Å². The maximum atomic E-state index is 4.27. The zero-order valence-electron chi connectivity index (χ0n) is 12.9. The average Bonchev–Trinajstić information content (AvgIpc) is 2.53. The monoisotopic (exact) mass is 297 g/mol. The molecule has 1 aliphatic heterocycles. The Morgan fingerprint density at radius 3 is 3.00 bits per heavy atom. The first-order chi connectivity index (χ1) is 10.2. The molecule has 1 aromatic carbocycles. The van der Waals surface area contributed by atoms with Crippen LogP contribution in [-0.4, -0.2) is 17.3 Å². The summed E-state index contributed by atoms with van der Waals surface area (Å²) in [6.45, 7) is 6.49. The van der Waals surface area contributed by atoms with Crippen molar-refractivity contribution < 1.29 is 0 Å². The highest BCUT2D eigenvalue weighted by molar-refractivity contribution is 8.00. The minimum Gasteiger partial charge on any atom is -0.361 e. The number of hydrogen-bond acceptors (Lipinski definition) is 2. The fourth-order valence-electron chi connectivity index (χ4n) is 3.12. The van der Waals surface area contributed by atoms with Crippen molar-refractivity contribution in [2.75, 3.05) is 7.05 Å². The van der Waals surface area contributed by atoms with Gasteiger partial charge in [0.1, 0.15) is 5.37 Å². The number of rotatable bonds is 5. The van der Waals surface area contributed by atoms with Crippen molar-refractivity contribution in [3.63, 3.8) is 0 Å². The van der Waals surface area contributed by atoms with Gasteiger partial charge in [0.05, 0.1) is 0 Å². The molecule has 1 nitrogen and oxygen atoms in total. The van der Waals surface area contributed by atoms with Gasteiger partial charge in [0.2, 0.25) is 0 Å². The molecule has 0 radical (unpaired) electrons. The molecule has 0 saturated heterocycles. The quantitative estimate of drug-likeness (QED) is 0.709. The Hall–Kier alpha value is -1.41. The molecule has 0 amide bonds. The van der Waals surface area contributed by atoms with E-state index in [-0.39, 0.29) is 0 Å². The number of nitrogens with zero attached hydrogens (tertiary/aromatic N) is 1. The van der Waals surface area contributed by atoms with E-state index in [0.717, 1.165) is 12.8 Å². The summed E-state index contributed by atoms with van der Waals surface area (Å²) >= 11 is 1.96. The van der Waals surface area contributed by atoms with Gasteiger partial charge in [-0.15, -0.1) is 0 Å². The third-order valence-corrected chi connectivity index (χ3v) is 5.68. The summed E-state index contributed by atoms with van der Waals surface area (Å²) in [6.07, 6.45) is 9.24. The van der Waals surface area contributed by atoms with Crippen LogP contribution in [0.25, 0.3) is 5.57 Å². The fourth-order valence-corrected chi connectivity index (χ4v) is 4.48. The van der Waals surface area contributed by atoms with Crippen molar-refractivity contribution in [3.8, 4) is 0 Å². The fraction of sp³-hybridized carbons (Fsp3) is 0.368. The molecule has 0 saturated carbocycles. The van der Waals surface area contributed by atoms with Crippen LogP contribution in [0.5, 0.6) is 0 Å². The summed E-state index contributed by atoms with van der Waals surface area (Å²) in [5.74, 6) is 0. The Bertz CT molecular complexity index is 612. The Morgan fingerprint density at radius 1 is 1.38 bits per heavy atom. The van der Waals surface area contributed by atoms with Crippen molar-refractivity contribution in [3.05, 3.63) is 59.8 Å². The molecule has 3 rings (SSSR count). The third-order valence-electron chi connectivity index (χ3n) is 4.28. The lowest BCUT2D eigenvalue weighted by molar-refractivity contribution is 0.342. The minimum atomic E-state index is 0.465. The average molecular weight is 297 g/mol. The van der Waals surface area contributed by atoms with Gasteiger partial charge in [-0.3, -0.25) is 0 Å². The molecule has 1 aromatic rings. The Kier molecular flexibility index (Phi) is 4.25. The van der Waals surface area contributed by atoms with Crippen LogP contribution < -0.4 is 0 Å². The molecule has 2 aliphatic rings. The first kappa shape index (κ1) is 14.5. The van der Waals surface area contributed by atoms with Crippen LogP contribution in [0.15, 0.2) is 59.2 Å². The third kappa shape index (κ3) is 2.69. The van der Waals surface area contributed by atoms with E-state index in [1.54, 1.807) is 0 Å². The molecule has 1 aliphatic carbocycles. The van der Waals surface area contributed by atoms with Gasteiger partial charge in [0, 0.05) is 23.2 Å². The van der Waals surface area contributed by atoms with Crippen molar-refractivity contribution in [2.45, 2.75) is 42.9 Å². The van der Waals surface area contributed by atoms with E-state index in [2.05, 4.69) is 61.9 Å². The zero-order chi connectivity index (χ0) is 14.8. The lowest BCUT2D eigenvalue weighted by atomic mass is 9.95. The molecule has 0 aromatic heterocycles. The van der Waals surface area contributed by atoms with Crippen LogP contribution in [-0.2, 0) is 0 Å². The predicted molar refractivity (Wildman–Crippen MR) is 93.2 cm³/mol. The van der Waals surface area contributed by atoms with E-state index in [0.29, 0.717) is 5.37 Å². The second kappa shape index (κ2) is 6.15. The van der Waals surface area contributed by atoms with Crippen LogP contribution in [0.1, 0.15) is 38.2 Å². The van der Waals surface area contributed by atoms with Crippen LogP contribution in [0.4, 0.5) is 0 Å². The maximum absolute atomic E-state index is 4.27. The molecule has 0 fully saturated rings. The highest BCUT2D eigenvalue weighted by Gasteiger charge is 2.35. The second-order valence-electron chi connectivity index (χ2n) is 5.77. The Labute approximate surface area is 132 Å². The topological polar surface area (TPSA) is 3.24 Å². The summed E-state index contributed by atoms with van der Waals surface area (Å²) in [6, 6.07) is 8.70. The van der Waals surface area contributed by atoms with Gasteiger partial charge in [0.15, 0.2) is 0 Å². The van der Waals surface area contributed by atoms with Crippen LogP contribution in [0, 0.1) is 0 Å². The van der Waals surface area contributed by atoms with Gasteiger partial charge >= 0.3 is 0 Å². The molecule has 2 heteroatoms. The number of allylic oxidation sites excluding steroid dienone is 3. The molecule has 110 valence electrons. The minimum absolute atomic E-state index is 0.465. The van der Waals surface area contributed by atoms with Gasteiger partial charge in [-0.1, -0.05) is 62.0 Å². The number of benzene rings is 1. The SMILES string of the molecule is C=C(CCC)c1ccccc1SC1C2=C(CCC=C2)N1C. The molecule has 21 heavy (non-hydrogen) atoms. The molecule has 1 heterocycles.